The fraction of sp³-hybridized carbons (Fsp3) is 0.0714. The molecule has 1 aromatic heterocycles. The fourth-order valence-corrected chi connectivity index (χ4v) is 9.45. The minimum atomic E-state index is -0.183. The van der Waals surface area contributed by atoms with Crippen LogP contribution in [0.2, 0.25) is 0 Å². The van der Waals surface area contributed by atoms with Gasteiger partial charge in [0.2, 0.25) is 0 Å². The summed E-state index contributed by atoms with van der Waals surface area (Å²) in [5.74, 6) is 0.0525. The highest BCUT2D eigenvalue weighted by atomic mass is 16.3. The van der Waals surface area contributed by atoms with Crippen LogP contribution < -0.4 is 0 Å². The minimum Gasteiger partial charge on any atom is -0.456 e. The van der Waals surface area contributed by atoms with Crippen molar-refractivity contribution in [1.82, 2.24) is 0 Å². The first-order chi connectivity index (χ1) is 28.0. The van der Waals surface area contributed by atoms with Crippen molar-refractivity contribution >= 4 is 32.7 Å². The van der Waals surface area contributed by atoms with Crippen molar-refractivity contribution in [2.45, 2.75) is 25.2 Å². The van der Waals surface area contributed by atoms with E-state index in [0.29, 0.717) is 0 Å². The van der Waals surface area contributed by atoms with Crippen molar-refractivity contribution in [2.75, 3.05) is 0 Å². The average molecular weight is 729 g/mol. The van der Waals surface area contributed by atoms with Gasteiger partial charge < -0.3 is 4.42 Å². The van der Waals surface area contributed by atoms with E-state index in [0.717, 1.165) is 21.9 Å². The normalized spacial score (nSPS) is 13.5. The van der Waals surface area contributed by atoms with Crippen molar-refractivity contribution in [3.63, 3.8) is 0 Å². The first-order valence-corrected chi connectivity index (χ1v) is 19.9. The molecule has 0 saturated carbocycles. The number of rotatable bonds is 6. The van der Waals surface area contributed by atoms with Gasteiger partial charge in [0, 0.05) is 22.1 Å². The van der Waals surface area contributed by atoms with Crippen molar-refractivity contribution in [2.24, 2.45) is 0 Å². The molecule has 0 fully saturated rings. The second kappa shape index (κ2) is 13.1. The van der Waals surface area contributed by atoms with Crippen LogP contribution in [0.4, 0.5) is 0 Å². The predicted molar refractivity (Wildman–Crippen MR) is 239 cm³/mol. The van der Waals surface area contributed by atoms with E-state index >= 15 is 0 Å². The lowest BCUT2D eigenvalue weighted by Crippen LogP contribution is -2.16. The van der Waals surface area contributed by atoms with E-state index in [4.69, 9.17) is 4.42 Å². The van der Waals surface area contributed by atoms with Crippen molar-refractivity contribution in [3.05, 3.63) is 228 Å². The van der Waals surface area contributed by atoms with Crippen LogP contribution in [0.25, 0.3) is 77.2 Å². The third-order valence-corrected chi connectivity index (χ3v) is 12.4. The maximum Gasteiger partial charge on any atom is 0.136 e. The number of hydrogen-bond acceptors (Lipinski definition) is 1. The Morgan fingerprint density at radius 3 is 1.74 bits per heavy atom. The lowest BCUT2D eigenvalue weighted by molar-refractivity contribution is 0.659. The Balaban J connectivity index is 0.992. The van der Waals surface area contributed by atoms with Crippen LogP contribution in [0.5, 0.6) is 0 Å². The van der Waals surface area contributed by atoms with Crippen molar-refractivity contribution in [1.29, 1.82) is 0 Å². The van der Waals surface area contributed by atoms with Gasteiger partial charge in [-0.2, -0.15) is 0 Å². The quantitative estimate of drug-likeness (QED) is 0.155. The molecular weight excluding hydrogens is 689 g/mol. The first kappa shape index (κ1) is 33.4. The third-order valence-electron chi connectivity index (χ3n) is 12.4. The van der Waals surface area contributed by atoms with Crippen LogP contribution in [0.3, 0.4) is 0 Å². The lowest BCUT2D eigenvalue weighted by Gasteiger charge is -2.25. The molecule has 1 aliphatic rings. The topological polar surface area (TPSA) is 13.1 Å². The predicted octanol–water partition coefficient (Wildman–Crippen LogP) is 15.2. The zero-order valence-electron chi connectivity index (χ0n) is 32.0. The monoisotopic (exact) mass is 728 g/mol. The van der Waals surface area contributed by atoms with Crippen LogP contribution in [0, 0.1) is 0 Å². The summed E-state index contributed by atoms with van der Waals surface area (Å²) in [5, 5.41) is 4.87. The van der Waals surface area contributed by atoms with E-state index < -0.39 is 0 Å². The maximum absolute atomic E-state index is 6.28. The Labute approximate surface area is 333 Å². The number of fused-ring (bicyclic) bond motifs is 7. The van der Waals surface area contributed by atoms with E-state index in [1.807, 2.05) is 12.1 Å². The minimum absolute atomic E-state index is 0.0525. The molecule has 1 heterocycles. The zero-order chi connectivity index (χ0) is 38.1. The molecule has 1 aliphatic carbocycles. The molecule has 0 bridgehead atoms. The van der Waals surface area contributed by atoms with Crippen molar-refractivity contribution in [3.8, 4) is 44.5 Å². The summed E-state index contributed by atoms with van der Waals surface area (Å²) in [6, 6.07) is 73.5. The molecule has 10 aromatic rings. The van der Waals surface area contributed by atoms with E-state index in [9.17, 15) is 0 Å². The molecule has 0 radical (unpaired) electrons. The molecule has 1 atom stereocenters. The molecule has 0 amide bonds. The molecule has 0 N–H and O–H groups in total. The summed E-state index contributed by atoms with van der Waals surface area (Å²) in [6.45, 7) is 4.78. The van der Waals surface area contributed by atoms with Gasteiger partial charge in [0.15, 0.2) is 0 Å². The SMILES string of the molecule is CC1(C)c2cc(-c3ccc4c(c3)oc3ccccc34)ccc2-c2ccc(C(c3ccc(-c4cccc(-c5ccccc5)c4)cc3)c3cccc4ccccc34)cc21. The van der Waals surface area contributed by atoms with E-state index in [1.54, 1.807) is 0 Å². The highest BCUT2D eigenvalue weighted by molar-refractivity contribution is 6.06. The van der Waals surface area contributed by atoms with Gasteiger partial charge in [-0.1, -0.05) is 184 Å². The summed E-state index contributed by atoms with van der Waals surface area (Å²) >= 11 is 0. The number of benzene rings is 9. The maximum atomic E-state index is 6.28. The summed E-state index contributed by atoms with van der Waals surface area (Å²) in [4.78, 5) is 0. The Hall–Kier alpha value is -6.96. The molecule has 9 aromatic carbocycles. The average Bonchev–Trinajstić information content (AvgIpc) is 3.75. The highest BCUT2D eigenvalue weighted by Crippen LogP contribution is 2.51. The summed E-state index contributed by atoms with van der Waals surface area (Å²) in [5.41, 5.74) is 18.2. The van der Waals surface area contributed by atoms with Crippen LogP contribution in [0.15, 0.2) is 205 Å². The molecular formula is C56H40O. The summed E-state index contributed by atoms with van der Waals surface area (Å²) in [7, 11) is 0. The molecule has 1 unspecified atom stereocenters. The molecule has 0 spiro atoms. The molecule has 0 saturated heterocycles. The Bertz CT molecular complexity index is 3140. The van der Waals surface area contributed by atoms with Gasteiger partial charge in [0.05, 0.1) is 0 Å². The second-order valence-corrected chi connectivity index (χ2v) is 16.1. The fourth-order valence-electron chi connectivity index (χ4n) is 9.45. The Kier molecular flexibility index (Phi) is 7.66. The van der Waals surface area contributed by atoms with Gasteiger partial charge in [-0.3, -0.25) is 0 Å². The smallest absolute Gasteiger partial charge is 0.136 e. The van der Waals surface area contributed by atoms with Gasteiger partial charge in [0.25, 0.3) is 0 Å². The molecule has 57 heavy (non-hydrogen) atoms. The summed E-state index contributed by atoms with van der Waals surface area (Å²) < 4.78 is 6.28. The molecule has 270 valence electrons. The van der Waals surface area contributed by atoms with Gasteiger partial charge in [-0.05, 0) is 113 Å². The third kappa shape index (κ3) is 5.53. The molecule has 1 nitrogen and oxygen atoms in total. The number of furan rings is 1. The largest absolute Gasteiger partial charge is 0.456 e. The number of hydrogen-bond donors (Lipinski definition) is 0. The lowest BCUT2D eigenvalue weighted by atomic mass is 9.78. The molecule has 0 aliphatic heterocycles. The van der Waals surface area contributed by atoms with Crippen LogP contribution in [-0.2, 0) is 5.41 Å². The van der Waals surface area contributed by atoms with E-state index in [1.165, 1.54) is 83.1 Å². The van der Waals surface area contributed by atoms with Crippen LogP contribution in [-0.4, -0.2) is 0 Å². The molecule has 1 heteroatoms. The van der Waals surface area contributed by atoms with Gasteiger partial charge in [-0.25, -0.2) is 0 Å². The van der Waals surface area contributed by atoms with Crippen LogP contribution in [0.1, 0.15) is 47.6 Å². The highest BCUT2D eigenvalue weighted by Gasteiger charge is 2.36. The van der Waals surface area contributed by atoms with Gasteiger partial charge in [-0.15, -0.1) is 0 Å². The van der Waals surface area contributed by atoms with Crippen molar-refractivity contribution < 1.29 is 4.42 Å². The van der Waals surface area contributed by atoms with Crippen LogP contribution >= 0.6 is 0 Å². The Morgan fingerprint density at radius 1 is 0.368 bits per heavy atom. The van der Waals surface area contributed by atoms with E-state index in [2.05, 4.69) is 202 Å². The van der Waals surface area contributed by atoms with Gasteiger partial charge >= 0.3 is 0 Å². The second-order valence-electron chi connectivity index (χ2n) is 16.1. The molecule has 11 rings (SSSR count). The zero-order valence-corrected chi connectivity index (χ0v) is 32.0. The standard InChI is InChI=1S/C56H40O/c1-56(2)51-33-42(43-27-31-49-48-19-8-9-21-53(48)57-54(49)35-43)26-29-46(51)47-30-28-44(34-52(47)56)55(50-20-11-15-38-14-6-7-18-45(38)50)39-24-22-37(23-25-39)41-17-10-16-40(32-41)36-12-4-3-5-13-36/h3-35,55H,1-2H3. The summed E-state index contributed by atoms with van der Waals surface area (Å²) in [6.07, 6.45) is 0. The Morgan fingerprint density at radius 2 is 0.912 bits per heavy atom. The number of para-hydroxylation sites is 1. The first-order valence-electron chi connectivity index (χ1n) is 19.9. The van der Waals surface area contributed by atoms with Gasteiger partial charge in [0.1, 0.15) is 11.2 Å². The van der Waals surface area contributed by atoms with E-state index in [-0.39, 0.29) is 11.3 Å².